The van der Waals surface area contributed by atoms with E-state index in [0.29, 0.717) is 11.9 Å². The van der Waals surface area contributed by atoms with Crippen LogP contribution in [0.25, 0.3) is 0 Å². The van der Waals surface area contributed by atoms with Crippen LogP contribution in [-0.4, -0.2) is 15.9 Å². The Bertz CT molecular complexity index is 404. The number of rotatable bonds is 6. The molecule has 1 aliphatic rings. The van der Waals surface area contributed by atoms with Crippen LogP contribution in [0.5, 0.6) is 0 Å². The summed E-state index contributed by atoms with van der Waals surface area (Å²) >= 11 is 0. The molecule has 1 aliphatic carbocycles. The maximum Gasteiger partial charge on any atom is 0.274 e. The zero-order chi connectivity index (χ0) is 12.3. The Hall–Kier alpha value is -1.65. The van der Waals surface area contributed by atoms with E-state index in [2.05, 4.69) is 17.2 Å². The molecule has 1 aromatic rings. The van der Waals surface area contributed by atoms with Gasteiger partial charge in [0.25, 0.3) is 5.69 Å². The number of pyridine rings is 1. The van der Waals surface area contributed by atoms with Gasteiger partial charge in [0.2, 0.25) is 0 Å². The third kappa shape index (κ3) is 3.41. The molecule has 1 fully saturated rings. The monoisotopic (exact) mass is 235 g/mol. The van der Waals surface area contributed by atoms with E-state index in [-0.39, 0.29) is 5.69 Å². The highest BCUT2D eigenvalue weighted by Crippen LogP contribution is 2.34. The van der Waals surface area contributed by atoms with Crippen LogP contribution in [0.15, 0.2) is 18.3 Å². The van der Waals surface area contributed by atoms with Crippen LogP contribution in [0.1, 0.15) is 32.6 Å². The molecule has 92 valence electrons. The topological polar surface area (TPSA) is 68.1 Å². The minimum atomic E-state index is -0.394. The molecule has 1 atom stereocenters. The van der Waals surface area contributed by atoms with Gasteiger partial charge in [0, 0.05) is 18.3 Å². The number of anilines is 1. The molecule has 1 N–H and O–H groups in total. The average molecular weight is 235 g/mol. The third-order valence-corrected chi connectivity index (χ3v) is 3.11. The van der Waals surface area contributed by atoms with Crippen LogP contribution in [-0.2, 0) is 0 Å². The molecule has 1 saturated carbocycles. The van der Waals surface area contributed by atoms with Gasteiger partial charge in [0.05, 0.1) is 11.0 Å². The number of nitro groups is 1. The van der Waals surface area contributed by atoms with E-state index in [0.717, 1.165) is 18.8 Å². The summed E-state index contributed by atoms with van der Waals surface area (Å²) in [4.78, 5) is 14.4. The normalized spacial score (nSPS) is 16.5. The molecule has 0 aromatic carbocycles. The summed E-state index contributed by atoms with van der Waals surface area (Å²) in [6.07, 6.45) is 6.27. The van der Waals surface area contributed by atoms with Crippen molar-refractivity contribution in [1.82, 2.24) is 4.98 Å². The van der Waals surface area contributed by atoms with E-state index < -0.39 is 4.92 Å². The second kappa shape index (κ2) is 5.12. The summed E-state index contributed by atoms with van der Waals surface area (Å²) in [6.45, 7) is 2.12. The first-order valence-corrected chi connectivity index (χ1v) is 6.06. The van der Waals surface area contributed by atoms with Crippen molar-refractivity contribution in [3.63, 3.8) is 0 Å². The second-order valence-corrected chi connectivity index (χ2v) is 4.58. The summed E-state index contributed by atoms with van der Waals surface area (Å²) in [5, 5.41) is 13.9. The Morgan fingerprint density at radius 1 is 1.65 bits per heavy atom. The van der Waals surface area contributed by atoms with Gasteiger partial charge in [-0.15, -0.1) is 0 Å². The van der Waals surface area contributed by atoms with Crippen molar-refractivity contribution in [2.24, 2.45) is 5.92 Å². The van der Waals surface area contributed by atoms with Gasteiger partial charge in [-0.2, -0.15) is 0 Å². The molecule has 1 unspecified atom stereocenters. The average Bonchev–Trinajstić information content (AvgIpc) is 3.12. The lowest BCUT2D eigenvalue weighted by Crippen LogP contribution is -2.19. The van der Waals surface area contributed by atoms with Crippen molar-refractivity contribution in [3.05, 3.63) is 28.4 Å². The molecule has 17 heavy (non-hydrogen) atoms. The van der Waals surface area contributed by atoms with Crippen molar-refractivity contribution in [1.29, 1.82) is 0 Å². The first-order chi connectivity index (χ1) is 8.19. The maximum atomic E-state index is 10.6. The van der Waals surface area contributed by atoms with Gasteiger partial charge in [0.1, 0.15) is 5.82 Å². The molecule has 0 radical (unpaired) electrons. The second-order valence-electron chi connectivity index (χ2n) is 4.58. The highest BCUT2D eigenvalue weighted by Gasteiger charge is 2.24. The fourth-order valence-electron chi connectivity index (χ4n) is 1.90. The summed E-state index contributed by atoms with van der Waals surface area (Å²) in [5.41, 5.74) is 0.0868. The molecule has 5 nitrogen and oxygen atoms in total. The predicted molar refractivity (Wildman–Crippen MR) is 65.9 cm³/mol. The van der Waals surface area contributed by atoms with Crippen molar-refractivity contribution in [2.45, 2.75) is 38.6 Å². The molecule has 0 bridgehead atoms. The van der Waals surface area contributed by atoms with Crippen LogP contribution in [0.2, 0.25) is 0 Å². The van der Waals surface area contributed by atoms with Crippen molar-refractivity contribution in [2.75, 3.05) is 5.32 Å². The summed E-state index contributed by atoms with van der Waals surface area (Å²) < 4.78 is 0. The van der Waals surface area contributed by atoms with Crippen molar-refractivity contribution >= 4 is 11.5 Å². The van der Waals surface area contributed by atoms with E-state index in [4.69, 9.17) is 0 Å². The van der Waals surface area contributed by atoms with Gasteiger partial charge < -0.3 is 5.32 Å². The summed E-state index contributed by atoms with van der Waals surface area (Å²) in [5.74, 6) is 1.44. The zero-order valence-electron chi connectivity index (χ0n) is 9.93. The highest BCUT2D eigenvalue weighted by molar-refractivity contribution is 5.44. The van der Waals surface area contributed by atoms with E-state index in [1.54, 1.807) is 0 Å². The Morgan fingerprint density at radius 2 is 2.41 bits per heavy atom. The van der Waals surface area contributed by atoms with Gasteiger partial charge in [-0.05, 0) is 18.8 Å². The lowest BCUT2D eigenvalue weighted by atomic mass is 10.1. The Balaban J connectivity index is 2.00. The van der Waals surface area contributed by atoms with Crippen molar-refractivity contribution in [3.8, 4) is 0 Å². The van der Waals surface area contributed by atoms with Gasteiger partial charge in [-0.3, -0.25) is 10.1 Å². The van der Waals surface area contributed by atoms with Crippen LogP contribution >= 0.6 is 0 Å². The fourth-order valence-corrected chi connectivity index (χ4v) is 1.90. The number of hydrogen-bond acceptors (Lipinski definition) is 4. The molecule has 1 aromatic heterocycles. The summed E-state index contributed by atoms with van der Waals surface area (Å²) in [6, 6.07) is 3.28. The Morgan fingerprint density at radius 3 is 3.00 bits per heavy atom. The van der Waals surface area contributed by atoms with E-state index >= 15 is 0 Å². The molecule has 0 aliphatic heterocycles. The van der Waals surface area contributed by atoms with Gasteiger partial charge in [-0.1, -0.05) is 19.8 Å². The lowest BCUT2D eigenvalue weighted by Gasteiger charge is -2.16. The van der Waals surface area contributed by atoms with Crippen LogP contribution in [0.3, 0.4) is 0 Å². The molecule has 5 heteroatoms. The molecular formula is C12H17N3O2. The minimum Gasteiger partial charge on any atom is -0.367 e. The van der Waals surface area contributed by atoms with Gasteiger partial charge in [0.15, 0.2) is 0 Å². The van der Waals surface area contributed by atoms with Crippen molar-refractivity contribution < 1.29 is 4.92 Å². The number of aromatic nitrogens is 1. The molecule has 1 heterocycles. The number of nitrogens with one attached hydrogen (secondary N) is 1. The van der Waals surface area contributed by atoms with Gasteiger partial charge >= 0.3 is 0 Å². The minimum absolute atomic E-state index is 0.0868. The van der Waals surface area contributed by atoms with Crippen LogP contribution < -0.4 is 5.32 Å². The predicted octanol–water partition coefficient (Wildman–Crippen LogP) is 2.98. The molecular weight excluding hydrogens is 218 g/mol. The molecule has 2 rings (SSSR count). The number of hydrogen-bond donors (Lipinski definition) is 1. The standard InChI is InChI=1S/C12H17N3O2/c1-2-10(7-9-3-4-9)14-12-8-11(15(16)17)5-6-13-12/h5-6,8-10H,2-4,7H2,1H3,(H,13,14). The Labute approximate surface area is 100 Å². The Kier molecular flexibility index (Phi) is 3.56. The van der Waals surface area contributed by atoms with E-state index in [1.807, 2.05) is 0 Å². The van der Waals surface area contributed by atoms with Gasteiger partial charge in [-0.25, -0.2) is 4.98 Å². The fraction of sp³-hybridized carbons (Fsp3) is 0.583. The van der Waals surface area contributed by atoms with E-state index in [9.17, 15) is 10.1 Å². The van der Waals surface area contributed by atoms with Crippen LogP contribution in [0, 0.1) is 16.0 Å². The first-order valence-electron chi connectivity index (χ1n) is 6.06. The third-order valence-electron chi connectivity index (χ3n) is 3.11. The lowest BCUT2D eigenvalue weighted by molar-refractivity contribution is -0.384. The maximum absolute atomic E-state index is 10.6. The zero-order valence-corrected chi connectivity index (χ0v) is 9.93. The van der Waals surface area contributed by atoms with Crippen LogP contribution in [0.4, 0.5) is 11.5 Å². The molecule has 0 saturated heterocycles. The SMILES string of the molecule is CCC(CC1CC1)Nc1cc([N+](=O)[O-])ccn1. The molecule has 0 spiro atoms. The smallest absolute Gasteiger partial charge is 0.274 e. The highest BCUT2D eigenvalue weighted by atomic mass is 16.6. The number of nitrogens with zero attached hydrogens (tertiary/aromatic N) is 2. The van der Waals surface area contributed by atoms with E-state index in [1.165, 1.54) is 31.2 Å². The summed E-state index contributed by atoms with van der Waals surface area (Å²) in [7, 11) is 0. The quantitative estimate of drug-likeness (QED) is 0.608. The first kappa shape index (κ1) is 11.8. The molecule has 0 amide bonds. The largest absolute Gasteiger partial charge is 0.367 e.